The van der Waals surface area contributed by atoms with Crippen LogP contribution in [0, 0.1) is 12.3 Å². The van der Waals surface area contributed by atoms with Gasteiger partial charge < -0.3 is 5.73 Å². The van der Waals surface area contributed by atoms with Gasteiger partial charge >= 0.3 is 0 Å². The fraction of sp³-hybridized carbons (Fsp3) is 0.176. The van der Waals surface area contributed by atoms with Crippen LogP contribution in [0.25, 0.3) is 0 Å². The molecule has 1 amide bonds. The van der Waals surface area contributed by atoms with Crippen molar-refractivity contribution < 1.29 is 4.79 Å². The van der Waals surface area contributed by atoms with Crippen molar-refractivity contribution >= 4 is 24.3 Å². The highest BCUT2D eigenvalue weighted by Gasteiger charge is 2.21. The summed E-state index contributed by atoms with van der Waals surface area (Å²) < 4.78 is 0. The van der Waals surface area contributed by atoms with Gasteiger partial charge in [0.15, 0.2) is 5.96 Å². The van der Waals surface area contributed by atoms with Crippen molar-refractivity contribution in [3.63, 3.8) is 0 Å². The van der Waals surface area contributed by atoms with Crippen LogP contribution in [0.5, 0.6) is 0 Å². The van der Waals surface area contributed by atoms with Gasteiger partial charge in [0, 0.05) is 0 Å². The summed E-state index contributed by atoms with van der Waals surface area (Å²) in [6.07, 6.45) is 0.572. The van der Waals surface area contributed by atoms with Gasteiger partial charge in [-0.25, -0.2) is 0 Å². The Morgan fingerprint density at radius 1 is 1.14 bits per heavy atom. The Hall–Kier alpha value is -2.33. The Morgan fingerprint density at radius 2 is 1.73 bits per heavy atom. The number of hydrogen-bond acceptors (Lipinski definition) is 2. The molecule has 0 aliphatic heterocycles. The molecule has 0 radical (unpaired) electrons. The number of rotatable bonds is 4. The molecule has 0 heterocycles. The van der Waals surface area contributed by atoms with Crippen molar-refractivity contribution in [2.24, 2.45) is 5.73 Å². The zero-order valence-electron chi connectivity index (χ0n) is 12.4. The predicted molar refractivity (Wildman–Crippen MR) is 91.4 cm³/mol. The minimum atomic E-state index is -0.364. The molecular formula is C17H20ClN3O. The van der Waals surface area contributed by atoms with Crippen molar-refractivity contribution in [2.75, 3.05) is 0 Å². The summed E-state index contributed by atoms with van der Waals surface area (Å²) in [6.45, 7) is 2.01. The van der Waals surface area contributed by atoms with E-state index < -0.39 is 0 Å². The second-order valence-corrected chi connectivity index (χ2v) is 5.06. The maximum Gasteiger partial charge on any atom is 0.234 e. The van der Waals surface area contributed by atoms with Gasteiger partial charge in [-0.2, -0.15) is 0 Å². The SMILES string of the molecule is Cc1ccc([C@@H](Cc2ccccc2)C(=O)NC(=N)N)cc1.Cl. The van der Waals surface area contributed by atoms with E-state index in [0.29, 0.717) is 6.42 Å². The third-order valence-electron chi connectivity index (χ3n) is 3.34. The molecule has 4 nitrogen and oxygen atoms in total. The van der Waals surface area contributed by atoms with E-state index in [1.54, 1.807) is 0 Å². The van der Waals surface area contributed by atoms with E-state index >= 15 is 0 Å². The highest BCUT2D eigenvalue weighted by atomic mass is 35.5. The smallest absolute Gasteiger partial charge is 0.234 e. The zero-order valence-corrected chi connectivity index (χ0v) is 13.2. The van der Waals surface area contributed by atoms with Crippen LogP contribution in [0.3, 0.4) is 0 Å². The van der Waals surface area contributed by atoms with E-state index in [1.165, 1.54) is 0 Å². The minimum absolute atomic E-state index is 0. The van der Waals surface area contributed by atoms with Crippen LogP contribution < -0.4 is 11.1 Å². The molecular weight excluding hydrogens is 298 g/mol. The van der Waals surface area contributed by atoms with Crippen LogP contribution in [-0.2, 0) is 11.2 Å². The van der Waals surface area contributed by atoms with Gasteiger partial charge in [-0.3, -0.25) is 15.5 Å². The number of nitrogens with two attached hydrogens (primary N) is 1. The molecule has 5 heteroatoms. The first-order valence-electron chi connectivity index (χ1n) is 6.81. The minimum Gasteiger partial charge on any atom is -0.370 e. The van der Waals surface area contributed by atoms with Gasteiger partial charge in [0.2, 0.25) is 5.91 Å². The first-order valence-corrected chi connectivity index (χ1v) is 6.81. The van der Waals surface area contributed by atoms with Crippen LogP contribution in [0.15, 0.2) is 54.6 Å². The van der Waals surface area contributed by atoms with E-state index in [2.05, 4.69) is 5.32 Å². The van der Waals surface area contributed by atoms with Crippen molar-refractivity contribution in [1.29, 1.82) is 5.41 Å². The second-order valence-electron chi connectivity index (χ2n) is 5.06. The molecule has 116 valence electrons. The molecule has 2 aromatic carbocycles. The number of carbonyl (C=O) groups excluding carboxylic acids is 1. The molecule has 0 aromatic heterocycles. The molecule has 0 spiro atoms. The number of amides is 1. The van der Waals surface area contributed by atoms with Crippen molar-refractivity contribution in [2.45, 2.75) is 19.3 Å². The molecule has 0 fully saturated rings. The van der Waals surface area contributed by atoms with Gasteiger partial charge in [-0.1, -0.05) is 60.2 Å². The standard InChI is InChI=1S/C17H19N3O.ClH/c1-12-7-9-14(10-8-12)15(16(21)20-17(18)19)11-13-5-3-2-4-6-13;/h2-10,15H,11H2,1H3,(H4,18,19,20,21);1H/t15-;/m1./s1. The monoisotopic (exact) mass is 317 g/mol. The van der Waals surface area contributed by atoms with E-state index in [0.717, 1.165) is 16.7 Å². The fourth-order valence-corrected chi connectivity index (χ4v) is 2.23. The molecule has 0 aliphatic carbocycles. The number of carbonyl (C=O) groups is 1. The lowest BCUT2D eigenvalue weighted by Gasteiger charge is -2.17. The Labute approximate surface area is 136 Å². The lowest BCUT2D eigenvalue weighted by Crippen LogP contribution is -2.39. The molecule has 0 saturated heterocycles. The van der Waals surface area contributed by atoms with E-state index in [4.69, 9.17) is 11.1 Å². The number of aryl methyl sites for hydroxylation is 1. The lowest BCUT2D eigenvalue weighted by atomic mass is 9.90. The molecule has 0 unspecified atom stereocenters. The first-order chi connectivity index (χ1) is 10.1. The quantitative estimate of drug-likeness (QED) is 0.599. The summed E-state index contributed by atoms with van der Waals surface area (Å²) >= 11 is 0. The normalized spacial score (nSPS) is 11.1. The fourth-order valence-electron chi connectivity index (χ4n) is 2.23. The third kappa shape index (κ3) is 4.90. The molecule has 22 heavy (non-hydrogen) atoms. The Kier molecular flexibility index (Phi) is 6.60. The number of benzene rings is 2. The molecule has 2 rings (SSSR count). The summed E-state index contributed by atoms with van der Waals surface area (Å²) in [5.74, 6) is -0.947. The Bertz CT molecular complexity index is 626. The first kappa shape index (κ1) is 17.7. The number of halogens is 1. The molecule has 0 bridgehead atoms. The number of hydrogen-bond donors (Lipinski definition) is 3. The Balaban J connectivity index is 0.00000242. The van der Waals surface area contributed by atoms with E-state index in [1.807, 2.05) is 61.5 Å². The molecule has 4 N–H and O–H groups in total. The highest BCUT2D eigenvalue weighted by molar-refractivity contribution is 5.98. The summed E-state index contributed by atoms with van der Waals surface area (Å²) in [5, 5.41) is 9.64. The average Bonchev–Trinajstić information content (AvgIpc) is 2.46. The van der Waals surface area contributed by atoms with Crippen LogP contribution >= 0.6 is 12.4 Å². The maximum absolute atomic E-state index is 12.3. The molecule has 0 saturated carbocycles. The average molecular weight is 318 g/mol. The predicted octanol–water partition coefficient (Wildman–Crippen LogP) is 2.75. The molecule has 1 atom stereocenters. The van der Waals surface area contributed by atoms with E-state index in [9.17, 15) is 4.79 Å². The van der Waals surface area contributed by atoms with Gasteiger partial charge in [0.1, 0.15) is 0 Å². The maximum atomic E-state index is 12.3. The van der Waals surface area contributed by atoms with Crippen LogP contribution in [0.4, 0.5) is 0 Å². The molecule has 0 aliphatic rings. The van der Waals surface area contributed by atoms with Crippen molar-refractivity contribution in [3.05, 3.63) is 71.3 Å². The zero-order chi connectivity index (χ0) is 15.2. The number of guanidine groups is 1. The van der Waals surface area contributed by atoms with Gasteiger partial charge in [0.25, 0.3) is 0 Å². The summed E-state index contributed by atoms with van der Waals surface area (Å²) in [5.41, 5.74) is 8.41. The summed E-state index contributed by atoms with van der Waals surface area (Å²) in [7, 11) is 0. The van der Waals surface area contributed by atoms with Crippen molar-refractivity contribution in [3.8, 4) is 0 Å². The largest absolute Gasteiger partial charge is 0.370 e. The lowest BCUT2D eigenvalue weighted by molar-refractivity contribution is -0.121. The second kappa shape index (κ2) is 8.20. The van der Waals surface area contributed by atoms with Crippen LogP contribution in [0.2, 0.25) is 0 Å². The van der Waals surface area contributed by atoms with Gasteiger partial charge in [-0.05, 0) is 24.5 Å². The van der Waals surface area contributed by atoms with Crippen molar-refractivity contribution in [1.82, 2.24) is 5.32 Å². The topological polar surface area (TPSA) is 79.0 Å². The third-order valence-corrected chi connectivity index (χ3v) is 3.34. The highest BCUT2D eigenvalue weighted by Crippen LogP contribution is 2.22. The molecule has 2 aromatic rings. The van der Waals surface area contributed by atoms with Crippen LogP contribution in [0.1, 0.15) is 22.6 Å². The Morgan fingerprint density at radius 3 is 2.27 bits per heavy atom. The summed E-state index contributed by atoms with van der Waals surface area (Å²) in [4.78, 5) is 12.3. The van der Waals surface area contributed by atoms with Crippen LogP contribution in [-0.4, -0.2) is 11.9 Å². The van der Waals surface area contributed by atoms with E-state index in [-0.39, 0.29) is 30.2 Å². The van der Waals surface area contributed by atoms with Gasteiger partial charge in [-0.15, -0.1) is 12.4 Å². The van der Waals surface area contributed by atoms with Gasteiger partial charge in [0.05, 0.1) is 5.92 Å². The summed E-state index contributed by atoms with van der Waals surface area (Å²) in [6, 6.07) is 17.7. The number of nitrogens with one attached hydrogen (secondary N) is 2.